The van der Waals surface area contributed by atoms with Crippen molar-refractivity contribution >= 4 is 31.5 Å². The van der Waals surface area contributed by atoms with Crippen molar-refractivity contribution in [3.8, 4) is 22.6 Å². The molecule has 4 aromatic heterocycles. The van der Waals surface area contributed by atoms with E-state index in [2.05, 4.69) is 57.4 Å². The van der Waals surface area contributed by atoms with Crippen molar-refractivity contribution in [1.29, 1.82) is 0 Å². The summed E-state index contributed by atoms with van der Waals surface area (Å²) in [4.78, 5) is 13.2. The fourth-order valence-corrected chi connectivity index (χ4v) is 4.51. The van der Waals surface area contributed by atoms with Crippen LogP contribution < -0.4 is 0 Å². The first-order chi connectivity index (χ1) is 15.8. The number of rotatable bonds is 2. The van der Waals surface area contributed by atoms with Crippen molar-refractivity contribution in [3.63, 3.8) is 0 Å². The molecule has 163 valence electrons. The van der Waals surface area contributed by atoms with Crippen LogP contribution in [0.15, 0.2) is 97.3 Å². The number of benzene rings is 2. The van der Waals surface area contributed by atoms with Crippen molar-refractivity contribution < 1.29 is 20.1 Å². The van der Waals surface area contributed by atoms with E-state index < -0.39 is 0 Å². The molecule has 1 radical (unpaired) electrons. The average molecular weight is 622 g/mol. The molecule has 6 aromatic rings. The Kier molecular flexibility index (Phi) is 7.36. The monoisotopic (exact) mass is 622 g/mol. The van der Waals surface area contributed by atoms with Gasteiger partial charge in [-0.25, -0.2) is 0 Å². The minimum absolute atomic E-state index is 0. The third-order valence-corrected chi connectivity index (χ3v) is 6.11. The normalized spacial score (nSPS) is 10.3. The summed E-state index contributed by atoms with van der Waals surface area (Å²) in [7, 11) is 0. The number of fused-ring (bicyclic) bond motifs is 3. The van der Waals surface area contributed by atoms with E-state index in [9.17, 15) is 0 Å². The van der Waals surface area contributed by atoms with Gasteiger partial charge in [0, 0.05) is 37.2 Å². The van der Waals surface area contributed by atoms with Crippen LogP contribution in [0.5, 0.6) is 0 Å². The van der Waals surface area contributed by atoms with E-state index in [4.69, 9.17) is 0 Å². The second kappa shape index (κ2) is 10.6. The van der Waals surface area contributed by atoms with Crippen LogP contribution in [0.1, 0.15) is 5.69 Å². The van der Waals surface area contributed by atoms with Gasteiger partial charge in [-0.3, -0.25) is 4.98 Å². The van der Waals surface area contributed by atoms with Crippen LogP contribution in [0.3, 0.4) is 0 Å². The summed E-state index contributed by atoms with van der Waals surface area (Å²) in [5, 5.41) is 2.52. The SMILES string of the molecule is Cc1cc[c-]c(-c2cc3c(cn2)sc2ccccc23)n1.[Ir].[c-]1ccccc1-c1ccccn1. The minimum Gasteiger partial charge on any atom is -0.317 e. The summed E-state index contributed by atoms with van der Waals surface area (Å²) in [6.07, 6.45) is 3.73. The van der Waals surface area contributed by atoms with E-state index in [-0.39, 0.29) is 20.1 Å². The van der Waals surface area contributed by atoms with Crippen LogP contribution in [-0.4, -0.2) is 15.0 Å². The molecule has 0 saturated carbocycles. The van der Waals surface area contributed by atoms with Gasteiger partial charge in [-0.05, 0) is 52.6 Å². The Balaban J connectivity index is 0.000000172. The zero-order valence-electron chi connectivity index (χ0n) is 17.8. The molecule has 0 bridgehead atoms. The Morgan fingerprint density at radius 1 is 0.727 bits per heavy atom. The van der Waals surface area contributed by atoms with Crippen LogP contribution in [0, 0.1) is 19.1 Å². The molecule has 0 aliphatic rings. The predicted octanol–water partition coefficient (Wildman–Crippen LogP) is 7.17. The van der Waals surface area contributed by atoms with Crippen LogP contribution in [0.25, 0.3) is 42.8 Å². The van der Waals surface area contributed by atoms with Gasteiger partial charge in [0.1, 0.15) is 0 Å². The Hall–Kier alpha value is -3.24. The smallest absolute Gasteiger partial charge is 0.0515 e. The Morgan fingerprint density at radius 3 is 2.36 bits per heavy atom. The Labute approximate surface area is 210 Å². The zero-order valence-corrected chi connectivity index (χ0v) is 21.0. The Bertz CT molecular complexity index is 1440. The quantitative estimate of drug-likeness (QED) is 0.193. The topological polar surface area (TPSA) is 38.7 Å². The zero-order chi connectivity index (χ0) is 21.8. The molecule has 33 heavy (non-hydrogen) atoms. The van der Waals surface area contributed by atoms with Crippen molar-refractivity contribution in [2.75, 3.05) is 0 Å². The van der Waals surface area contributed by atoms with Crippen LogP contribution in [-0.2, 0) is 20.1 Å². The molecule has 6 rings (SSSR count). The van der Waals surface area contributed by atoms with Gasteiger partial charge < -0.3 is 9.97 Å². The Morgan fingerprint density at radius 2 is 1.58 bits per heavy atom. The van der Waals surface area contributed by atoms with Crippen LogP contribution in [0.4, 0.5) is 0 Å². The van der Waals surface area contributed by atoms with E-state index in [0.29, 0.717) is 0 Å². The summed E-state index contributed by atoms with van der Waals surface area (Å²) in [6.45, 7) is 1.98. The van der Waals surface area contributed by atoms with Gasteiger partial charge in [0.15, 0.2) is 0 Å². The molecule has 0 saturated heterocycles. The van der Waals surface area contributed by atoms with Crippen molar-refractivity contribution in [1.82, 2.24) is 15.0 Å². The molecule has 0 spiro atoms. The van der Waals surface area contributed by atoms with Gasteiger partial charge in [0.25, 0.3) is 0 Å². The molecule has 0 aliphatic carbocycles. The van der Waals surface area contributed by atoms with E-state index in [0.717, 1.165) is 28.3 Å². The van der Waals surface area contributed by atoms with Crippen molar-refractivity contribution in [2.45, 2.75) is 6.92 Å². The number of thiophene rings is 1. The maximum atomic E-state index is 4.53. The fourth-order valence-electron chi connectivity index (χ4n) is 3.45. The van der Waals surface area contributed by atoms with Crippen LogP contribution >= 0.6 is 11.3 Å². The number of aromatic nitrogens is 3. The average Bonchev–Trinajstić information content (AvgIpc) is 3.24. The number of nitrogens with zero attached hydrogens (tertiary/aromatic N) is 3. The molecule has 5 heteroatoms. The molecule has 3 nitrogen and oxygen atoms in total. The summed E-state index contributed by atoms with van der Waals surface area (Å²) >= 11 is 1.78. The first-order valence-corrected chi connectivity index (χ1v) is 11.1. The van der Waals surface area contributed by atoms with Gasteiger partial charge in [-0.2, -0.15) is 12.1 Å². The van der Waals surface area contributed by atoms with Gasteiger partial charge in [-0.1, -0.05) is 36.4 Å². The van der Waals surface area contributed by atoms with Gasteiger partial charge in [0.2, 0.25) is 0 Å². The summed E-state index contributed by atoms with van der Waals surface area (Å²) in [5.41, 5.74) is 4.68. The molecule has 0 fully saturated rings. The molecule has 0 atom stereocenters. The van der Waals surface area contributed by atoms with Gasteiger partial charge in [0.05, 0.1) is 4.70 Å². The number of pyridine rings is 3. The van der Waals surface area contributed by atoms with E-state index in [1.165, 1.54) is 20.2 Å². The maximum Gasteiger partial charge on any atom is 0.0515 e. The molecule has 0 N–H and O–H groups in total. The largest absolute Gasteiger partial charge is 0.317 e. The summed E-state index contributed by atoms with van der Waals surface area (Å²) in [6, 6.07) is 34.4. The predicted molar refractivity (Wildman–Crippen MR) is 132 cm³/mol. The number of hydrogen-bond donors (Lipinski definition) is 0. The molecule has 0 unspecified atom stereocenters. The van der Waals surface area contributed by atoms with E-state index in [1.54, 1.807) is 17.5 Å². The number of hydrogen-bond acceptors (Lipinski definition) is 4. The van der Waals surface area contributed by atoms with E-state index in [1.807, 2.05) is 67.7 Å². The summed E-state index contributed by atoms with van der Waals surface area (Å²) in [5.74, 6) is 0. The molecule has 4 heterocycles. The molecular weight excluding hydrogens is 603 g/mol. The first-order valence-electron chi connectivity index (χ1n) is 10.3. The maximum absolute atomic E-state index is 4.53. The number of aryl methyl sites for hydroxylation is 1. The first kappa shape index (κ1) is 22.9. The van der Waals surface area contributed by atoms with Gasteiger partial charge in [-0.15, -0.1) is 53.3 Å². The third-order valence-electron chi connectivity index (χ3n) is 4.99. The van der Waals surface area contributed by atoms with Gasteiger partial charge >= 0.3 is 0 Å². The minimum atomic E-state index is 0. The van der Waals surface area contributed by atoms with Crippen LogP contribution in [0.2, 0.25) is 0 Å². The standard InChI is InChI=1S/C17H11N2S.C11H8N.Ir/c1-11-5-4-7-14(19-11)15-9-13-12-6-2-3-8-16(12)20-17(13)10-18-15;1-2-6-10(7-3-1)11-8-4-5-9-12-11;/h2-6,8-10H,1H3;1-6,8-9H;/q2*-1;. The van der Waals surface area contributed by atoms with Crippen molar-refractivity contribution in [2.24, 2.45) is 0 Å². The molecule has 0 amide bonds. The molecular formula is C28H19IrN3S-2. The fraction of sp³-hybridized carbons (Fsp3) is 0.0357. The second-order valence-electron chi connectivity index (χ2n) is 7.23. The summed E-state index contributed by atoms with van der Waals surface area (Å²) < 4.78 is 2.50. The van der Waals surface area contributed by atoms with Crippen molar-refractivity contribution in [3.05, 3.63) is 115 Å². The molecule has 2 aromatic carbocycles. The third kappa shape index (κ3) is 5.23. The molecule has 0 aliphatic heterocycles. The second-order valence-corrected chi connectivity index (χ2v) is 8.32. The van der Waals surface area contributed by atoms with E-state index >= 15 is 0 Å².